The Morgan fingerprint density at radius 2 is 1.70 bits per heavy atom. The molecule has 1 heterocycles. The van der Waals surface area contributed by atoms with E-state index in [-0.39, 0.29) is 17.0 Å². The number of ether oxygens (including phenoxy) is 1. The Bertz CT molecular complexity index is 1090. The van der Waals surface area contributed by atoms with Crippen LogP contribution < -0.4 is 10.0 Å². The van der Waals surface area contributed by atoms with Gasteiger partial charge in [-0.15, -0.1) is 0 Å². The van der Waals surface area contributed by atoms with Crippen LogP contribution in [0, 0.1) is 0 Å². The van der Waals surface area contributed by atoms with Gasteiger partial charge in [0, 0.05) is 5.69 Å². The Hall–Kier alpha value is -3.43. The second kappa shape index (κ2) is 9.38. The number of carbonyl (C=O) groups excluding carboxylic acids is 2. The maximum atomic E-state index is 12.3. The predicted octanol–water partition coefficient (Wildman–Crippen LogP) is 2.94. The Morgan fingerprint density at radius 3 is 2.33 bits per heavy atom. The number of carbonyl (C=O) groups is 2. The number of esters is 1. The van der Waals surface area contributed by atoms with Gasteiger partial charge >= 0.3 is 5.97 Å². The van der Waals surface area contributed by atoms with Gasteiger partial charge in [-0.2, -0.15) is 0 Å². The summed E-state index contributed by atoms with van der Waals surface area (Å²) < 4.78 is 37.3. The monoisotopic (exact) mass is 428 g/mol. The lowest BCUT2D eigenvalue weighted by molar-refractivity contribution is -0.123. The second-order valence-corrected chi connectivity index (χ2v) is 8.10. The summed E-state index contributed by atoms with van der Waals surface area (Å²) in [6.45, 7) is 1.46. The van der Waals surface area contributed by atoms with Gasteiger partial charge in [0.1, 0.15) is 5.76 Å². The van der Waals surface area contributed by atoms with Crippen molar-refractivity contribution in [1.82, 2.24) is 4.72 Å². The minimum absolute atomic E-state index is 0.00711. The molecule has 3 rings (SSSR count). The van der Waals surface area contributed by atoms with Crippen molar-refractivity contribution in [2.75, 3.05) is 5.32 Å². The highest BCUT2D eigenvalue weighted by atomic mass is 32.2. The van der Waals surface area contributed by atoms with Crippen molar-refractivity contribution in [3.8, 4) is 0 Å². The van der Waals surface area contributed by atoms with Gasteiger partial charge in [-0.3, -0.25) is 4.79 Å². The maximum Gasteiger partial charge on any atom is 0.338 e. The molecule has 8 nitrogen and oxygen atoms in total. The molecule has 9 heteroatoms. The molecule has 156 valence electrons. The normalized spacial score (nSPS) is 12.2. The van der Waals surface area contributed by atoms with Crippen LogP contribution in [-0.2, 0) is 26.1 Å². The lowest BCUT2D eigenvalue weighted by Crippen LogP contribution is -2.30. The number of furan rings is 1. The number of nitrogens with one attached hydrogen (secondary N) is 2. The Kier molecular flexibility index (Phi) is 6.65. The maximum absolute atomic E-state index is 12.3. The Labute approximate surface area is 173 Å². The average Bonchev–Trinajstić information content (AvgIpc) is 3.27. The average molecular weight is 428 g/mol. The number of amides is 1. The molecule has 0 bridgehead atoms. The van der Waals surface area contributed by atoms with Crippen LogP contribution in [0.2, 0.25) is 0 Å². The number of sulfonamides is 1. The first-order chi connectivity index (χ1) is 14.3. The fourth-order valence-corrected chi connectivity index (χ4v) is 3.47. The van der Waals surface area contributed by atoms with Gasteiger partial charge in [-0.25, -0.2) is 17.9 Å². The van der Waals surface area contributed by atoms with E-state index < -0.39 is 28.0 Å². The van der Waals surface area contributed by atoms with Crippen LogP contribution in [0.15, 0.2) is 82.3 Å². The van der Waals surface area contributed by atoms with Gasteiger partial charge < -0.3 is 14.5 Å². The van der Waals surface area contributed by atoms with Crippen molar-refractivity contribution >= 4 is 27.6 Å². The molecule has 30 heavy (non-hydrogen) atoms. The van der Waals surface area contributed by atoms with Crippen molar-refractivity contribution < 1.29 is 27.2 Å². The molecule has 0 aliphatic rings. The van der Waals surface area contributed by atoms with Crippen LogP contribution in [0.25, 0.3) is 0 Å². The summed E-state index contributed by atoms with van der Waals surface area (Å²) in [6, 6.07) is 17.3. The van der Waals surface area contributed by atoms with Crippen molar-refractivity contribution in [1.29, 1.82) is 0 Å². The van der Waals surface area contributed by atoms with Crippen LogP contribution in [0.3, 0.4) is 0 Å². The van der Waals surface area contributed by atoms with Gasteiger partial charge in [0.05, 0.1) is 23.3 Å². The van der Waals surface area contributed by atoms with E-state index in [0.29, 0.717) is 11.4 Å². The van der Waals surface area contributed by atoms with E-state index in [9.17, 15) is 18.0 Å². The smallest absolute Gasteiger partial charge is 0.338 e. The lowest BCUT2D eigenvalue weighted by atomic mass is 10.2. The van der Waals surface area contributed by atoms with Crippen molar-refractivity contribution in [2.45, 2.75) is 24.5 Å². The van der Waals surface area contributed by atoms with Gasteiger partial charge in [0.25, 0.3) is 5.91 Å². The number of hydrogen-bond acceptors (Lipinski definition) is 6. The van der Waals surface area contributed by atoms with Crippen LogP contribution >= 0.6 is 0 Å². The molecule has 0 fully saturated rings. The van der Waals surface area contributed by atoms with E-state index in [1.54, 1.807) is 36.4 Å². The molecule has 0 unspecified atom stereocenters. The summed E-state index contributed by atoms with van der Waals surface area (Å²) >= 11 is 0. The number of para-hydroxylation sites is 1. The molecule has 0 radical (unpaired) electrons. The largest absolute Gasteiger partial charge is 0.468 e. The molecule has 1 amide bonds. The molecule has 0 aliphatic heterocycles. The van der Waals surface area contributed by atoms with Gasteiger partial charge in [0.2, 0.25) is 10.0 Å². The highest BCUT2D eigenvalue weighted by Crippen LogP contribution is 2.14. The molecule has 1 atom stereocenters. The second-order valence-electron chi connectivity index (χ2n) is 6.33. The first-order valence-electron chi connectivity index (χ1n) is 9.04. The van der Waals surface area contributed by atoms with Gasteiger partial charge in [-0.05, 0) is 55.5 Å². The molecular weight excluding hydrogens is 408 g/mol. The minimum atomic E-state index is -3.78. The summed E-state index contributed by atoms with van der Waals surface area (Å²) in [5.74, 6) is -0.740. The van der Waals surface area contributed by atoms with Crippen molar-refractivity contribution in [3.05, 3.63) is 84.3 Å². The van der Waals surface area contributed by atoms with Crippen LogP contribution in [-0.4, -0.2) is 26.4 Å². The van der Waals surface area contributed by atoms with Crippen molar-refractivity contribution in [3.63, 3.8) is 0 Å². The molecule has 0 aliphatic carbocycles. The third kappa shape index (κ3) is 5.56. The number of benzene rings is 2. The first kappa shape index (κ1) is 21.3. The zero-order chi connectivity index (χ0) is 21.6. The summed E-state index contributed by atoms with van der Waals surface area (Å²) in [5, 5.41) is 2.64. The van der Waals surface area contributed by atoms with Crippen LogP contribution in [0.4, 0.5) is 5.69 Å². The fourth-order valence-electron chi connectivity index (χ4n) is 2.48. The van der Waals surface area contributed by atoms with Crippen LogP contribution in [0.1, 0.15) is 23.0 Å². The molecule has 3 aromatic rings. The minimum Gasteiger partial charge on any atom is -0.468 e. The van der Waals surface area contributed by atoms with Crippen molar-refractivity contribution in [2.24, 2.45) is 0 Å². The molecule has 0 spiro atoms. The van der Waals surface area contributed by atoms with E-state index in [1.165, 1.54) is 37.5 Å². The van der Waals surface area contributed by atoms with E-state index >= 15 is 0 Å². The third-order valence-corrected chi connectivity index (χ3v) is 5.53. The molecule has 0 saturated carbocycles. The number of anilines is 1. The summed E-state index contributed by atoms with van der Waals surface area (Å²) in [4.78, 5) is 24.4. The lowest BCUT2D eigenvalue weighted by Gasteiger charge is -2.13. The third-order valence-electron chi connectivity index (χ3n) is 4.11. The fraction of sp³-hybridized carbons (Fsp3) is 0.143. The predicted molar refractivity (Wildman–Crippen MR) is 109 cm³/mol. The number of rotatable bonds is 8. The zero-order valence-electron chi connectivity index (χ0n) is 16.1. The Balaban J connectivity index is 1.58. The quantitative estimate of drug-likeness (QED) is 0.533. The first-order valence-corrected chi connectivity index (χ1v) is 10.5. The topological polar surface area (TPSA) is 115 Å². The highest BCUT2D eigenvalue weighted by Gasteiger charge is 2.20. The van der Waals surface area contributed by atoms with E-state index in [1.807, 2.05) is 6.07 Å². The van der Waals surface area contributed by atoms with E-state index in [2.05, 4.69) is 10.0 Å². The molecular formula is C21H20N2O6S. The molecule has 2 aromatic carbocycles. The van der Waals surface area contributed by atoms with Gasteiger partial charge in [0.15, 0.2) is 6.10 Å². The standard InChI is InChI=1S/C21H20N2O6S/c1-15(20(24)23-17-6-3-2-4-7-17)29-21(25)16-9-11-19(12-10-16)30(26,27)22-14-18-8-5-13-28-18/h2-13,15,22H,14H2,1H3,(H,23,24)/t15-/m0/s1. The molecule has 1 aromatic heterocycles. The van der Waals surface area contributed by atoms with E-state index in [0.717, 1.165) is 0 Å². The molecule has 0 saturated heterocycles. The van der Waals surface area contributed by atoms with Gasteiger partial charge in [-0.1, -0.05) is 18.2 Å². The SMILES string of the molecule is C[C@H](OC(=O)c1ccc(S(=O)(=O)NCc2ccco2)cc1)C(=O)Nc1ccccc1. The summed E-state index contributed by atoms with van der Waals surface area (Å²) in [6.07, 6.45) is 0.418. The zero-order valence-corrected chi connectivity index (χ0v) is 16.9. The molecule has 2 N–H and O–H groups in total. The number of hydrogen-bond donors (Lipinski definition) is 2. The summed E-state index contributed by atoms with van der Waals surface area (Å²) in [5.41, 5.74) is 0.710. The van der Waals surface area contributed by atoms with E-state index in [4.69, 9.17) is 9.15 Å². The van der Waals surface area contributed by atoms with Crippen LogP contribution in [0.5, 0.6) is 0 Å². The highest BCUT2D eigenvalue weighted by molar-refractivity contribution is 7.89. The Morgan fingerprint density at radius 1 is 1.00 bits per heavy atom. The summed E-state index contributed by atoms with van der Waals surface area (Å²) in [7, 11) is -3.78.